The summed E-state index contributed by atoms with van der Waals surface area (Å²) in [5.74, 6) is 0.0171. The van der Waals surface area contributed by atoms with Crippen LogP contribution in [-0.2, 0) is 30.3 Å². The summed E-state index contributed by atoms with van der Waals surface area (Å²) in [6, 6.07) is 7.34. The van der Waals surface area contributed by atoms with Gasteiger partial charge in [0, 0.05) is 32.2 Å². The number of allylic oxidation sites excluding steroid dienone is 1. The second kappa shape index (κ2) is 15.6. The number of nitrogens with one attached hydrogen (secondary N) is 1. The molecule has 3 rings (SSSR count). The van der Waals surface area contributed by atoms with Crippen LogP contribution in [0.1, 0.15) is 64.9 Å². The predicted octanol–water partition coefficient (Wildman–Crippen LogP) is 4.12. The van der Waals surface area contributed by atoms with Gasteiger partial charge in [0.05, 0.1) is 26.6 Å². The van der Waals surface area contributed by atoms with Crippen molar-refractivity contribution in [3.63, 3.8) is 0 Å². The molecular formula is C32H47N3O7. The topological polar surface area (TPSA) is 114 Å². The molecule has 232 valence electrons. The molecule has 0 aromatic heterocycles. The first-order valence-electron chi connectivity index (χ1n) is 14.9. The van der Waals surface area contributed by atoms with Gasteiger partial charge in [0.1, 0.15) is 11.4 Å². The van der Waals surface area contributed by atoms with E-state index in [1.54, 1.807) is 23.0 Å². The quantitative estimate of drug-likeness (QED) is 0.325. The Labute approximate surface area is 249 Å². The van der Waals surface area contributed by atoms with Gasteiger partial charge in [0.25, 0.3) is 0 Å². The second-order valence-electron chi connectivity index (χ2n) is 12.2. The van der Waals surface area contributed by atoms with Crippen LogP contribution in [0.15, 0.2) is 36.4 Å². The summed E-state index contributed by atoms with van der Waals surface area (Å²) in [5.41, 5.74) is 0.555. The number of aryl methyl sites for hydroxylation is 1. The van der Waals surface area contributed by atoms with E-state index in [0.717, 1.165) is 30.6 Å². The first-order chi connectivity index (χ1) is 20.0. The standard InChI is InChI=1S/C32H47N3O7/c1-32(2,3)42-31(39)34-19-16-24(17-20-34)11-15-28(36)35-18-6-7-25(22-35)30(38)33-26(21-29(37)41-5)12-8-23-9-13-27(40-4)14-10-23/h9-11,13-15,24-26H,6-8,12,16-22H2,1-5H3,(H,33,38)/b15-11+/t25-,26-/m1/s1. The second-order valence-corrected chi connectivity index (χ2v) is 12.2. The molecule has 2 saturated heterocycles. The van der Waals surface area contributed by atoms with Crippen molar-refractivity contribution in [3.8, 4) is 5.75 Å². The first-order valence-corrected chi connectivity index (χ1v) is 14.9. The fraction of sp³-hybridized carbons (Fsp3) is 0.625. The number of hydrogen-bond donors (Lipinski definition) is 1. The van der Waals surface area contributed by atoms with Gasteiger partial charge in [-0.05, 0) is 89.0 Å². The van der Waals surface area contributed by atoms with Crippen LogP contribution in [-0.4, -0.2) is 85.7 Å². The number of amides is 3. The van der Waals surface area contributed by atoms with E-state index in [2.05, 4.69) is 5.32 Å². The average molecular weight is 586 g/mol. The number of benzene rings is 1. The van der Waals surface area contributed by atoms with E-state index in [1.165, 1.54) is 7.11 Å². The Kier molecular flexibility index (Phi) is 12.2. The van der Waals surface area contributed by atoms with E-state index in [9.17, 15) is 19.2 Å². The Bertz CT molecular complexity index is 1090. The normalized spacial score (nSPS) is 18.8. The largest absolute Gasteiger partial charge is 0.497 e. The molecule has 2 fully saturated rings. The molecule has 2 aliphatic heterocycles. The minimum Gasteiger partial charge on any atom is -0.497 e. The highest BCUT2D eigenvalue weighted by atomic mass is 16.6. The smallest absolute Gasteiger partial charge is 0.410 e. The van der Waals surface area contributed by atoms with E-state index in [-0.39, 0.29) is 48.2 Å². The minimum atomic E-state index is -0.525. The molecular weight excluding hydrogens is 538 g/mol. The summed E-state index contributed by atoms with van der Waals surface area (Å²) in [7, 11) is 2.96. The van der Waals surface area contributed by atoms with Crippen LogP contribution in [0.2, 0.25) is 0 Å². The highest BCUT2D eigenvalue weighted by molar-refractivity contribution is 5.88. The summed E-state index contributed by atoms with van der Waals surface area (Å²) in [4.78, 5) is 54.0. The maximum Gasteiger partial charge on any atom is 0.410 e. The molecule has 2 heterocycles. The number of piperidine rings is 2. The van der Waals surface area contributed by atoms with Crippen LogP contribution in [0.5, 0.6) is 5.75 Å². The number of ether oxygens (including phenoxy) is 3. The van der Waals surface area contributed by atoms with E-state index in [1.807, 2.05) is 51.1 Å². The fourth-order valence-electron chi connectivity index (χ4n) is 5.28. The van der Waals surface area contributed by atoms with Crippen molar-refractivity contribution < 1.29 is 33.4 Å². The van der Waals surface area contributed by atoms with Crippen LogP contribution < -0.4 is 10.1 Å². The van der Waals surface area contributed by atoms with Crippen LogP contribution in [0.3, 0.4) is 0 Å². The summed E-state index contributed by atoms with van der Waals surface area (Å²) >= 11 is 0. The third-order valence-corrected chi connectivity index (χ3v) is 7.73. The Hall–Kier alpha value is -3.56. The summed E-state index contributed by atoms with van der Waals surface area (Å²) in [6.45, 7) is 7.69. The monoisotopic (exact) mass is 585 g/mol. The lowest BCUT2D eigenvalue weighted by Crippen LogP contribution is -2.47. The van der Waals surface area contributed by atoms with Crippen molar-refractivity contribution in [2.75, 3.05) is 40.4 Å². The van der Waals surface area contributed by atoms with Gasteiger partial charge >= 0.3 is 12.1 Å². The lowest BCUT2D eigenvalue weighted by atomic mass is 9.95. The number of nitrogens with zero attached hydrogens (tertiary/aromatic N) is 2. The number of carbonyl (C=O) groups is 4. The Morgan fingerprint density at radius 3 is 2.31 bits per heavy atom. The molecule has 1 N–H and O–H groups in total. The maximum atomic E-state index is 13.2. The number of methoxy groups -OCH3 is 2. The number of rotatable bonds is 10. The molecule has 0 aliphatic carbocycles. The highest BCUT2D eigenvalue weighted by Gasteiger charge is 2.30. The van der Waals surface area contributed by atoms with E-state index in [4.69, 9.17) is 14.2 Å². The molecule has 0 spiro atoms. The number of carbonyl (C=O) groups excluding carboxylic acids is 4. The fourth-order valence-corrected chi connectivity index (χ4v) is 5.28. The Morgan fingerprint density at radius 2 is 1.69 bits per heavy atom. The molecule has 0 saturated carbocycles. The van der Waals surface area contributed by atoms with Gasteiger partial charge in [-0.1, -0.05) is 18.2 Å². The third-order valence-electron chi connectivity index (χ3n) is 7.73. The Balaban J connectivity index is 1.49. The molecule has 0 radical (unpaired) electrons. The van der Waals surface area contributed by atoms with Crippen molar-refractivity contribution in [1.29, 1.82) is 0 Å². The molecule has 0 bridgehead atoms. The lowest BCUT2D eigenvalue weighted by molar-refractivity contribution is -0.141. The molecule has 10 heteroatoms. The molecule has 3 amide bonds. The van der Waals surface area contributed by atoms with Crippen LogP contribution in [0.4, 0.5) is 4.79 Å². The van der Waals surface area contributed by atoms with E-state index in [0.29, 0.717) is 45.4 Å². The molecule has 2 aliphatic rings. The number of hydrogen-bond acceptors (Lipinski definition) is 7. The van der Waals surface area contributed by atoms with Gasteiger partial charge in [-0.25, -0.2) is 4.79 Å². The van der Waals surface area contributed by atoms with Crippen molar-refractivity contribution in [2.45, 2.75) is 77.4 Å². The molecule has 2 atom stereocenters. The van der Waals surface area contributed by atoms with Gasteiger partial charge in [-0.15, -0.1) is 0 Å². The molecule has 1 aromatic carbocycles. The van der Waals surface area contributed by atoms with Crippen molar-refractivity contribution in [1.82, 2.24) is 15.1 Å². The van der Waals surface area contributed by atoms with Crippen molar-refractivity contribution in [3.05, 3.63) is 42.0 Å². The zero-order chi connectivity index (χ0) is 30.7. The van der Waals surface area contributed by atoms with Gasteiger partial charge in [0.15, 0.2) is 0 Å². The number of esters is 1. The first kappa shape index (κ1) is 32.9. The predicted molar refractivity (Wildman–Crippen MR) is 159 cm³/mol. The zero-order valence-electron chi connectivity index (χ0n) is 25.7. The lowest BCUT2D eigenvalue weighted by Gasteiger charge is -2.33. The van der Waals surface area contributed by atoms with E-state index < -0.39 is 5.60 Å². The molecule has 10 nitrogen and oxygen atoms in total. The molecule has 0 unspecified atom stereocenters. The maximum absolute atomic E-state index is 13.2. The van der Waals surface area contributed by atoms with Crippen LogP contribution in [0.25, 0.3) is 0 Å². The summed E-state index contributed by atoms with van der Waals surface area (Å²) in [6.07, 6.45) is 7.56. The van der Waals surface area contributed by atoms with E-state index >= 15 is 0 Å². The summed E-state index contributed by atoms with van der Waals surface area (Å²) < 4.78 is 15.5. The number of likely N-dealkylation sites (tertiary alicyclic amines) is 2. The molecule has 42 heavy (non-hydrogen) atoms. The zero-order valence-corrected chi connectivity index (χ0v) is 25.7. The SMILES string of the molecule is COC(=O)C[C@@H](CCc1ccc(OC)cc1)NC(=O)[C@@H]1CCCN(C(=O)/C=C/C2CCN(C(=O)OC(C)(C)C)CC2)C1. The third kappa shape index (κ3) is 10.7. The van der Waals surface area contributed by atoms with Crippen LogP contribution >= 0.6 is 0 Å². The van der Waals surface area contributed by atoms with Gasteiger partial charge in [-0.2, -0.15) is 0 Å². The summed E-state index contributed by atoms with van der Waals surface area (Å²) in [5, 5.41) is 3.05. The van der Waals surface area contributed by atoms with Gasteiger partial charge in [0.2, 0.25) is 11.8 Å². The van der Waals surface area contributed by atoms with Gasteiger partial charge in [-0.3, -0.25) is 14.4 Å². The molecule has 1 aromatic rings. The minimum absolute atomic E-state index is 0.0865. The Morgan fingerprint density at radius 1 is 1.00 bits per heavy atom. The average Bonchev–Trinajstić information content (AvgIpc) is 2.98. The highest BCUT2D eigenvalue weighted by Crippen LogP contribution is 2.22. The van der Waals surface area contributed by atoms with Gasteiger partial charge < -0.3 is 29.3 Å². The van der Waals surface area contributed by atoms with Crippen molar-refractivity contribution in [2.24, 2.45) is 11.8 Å². The van der Waals surface area contributed by atoms with Crippen molar-refractivity contribution >= 4 is 23.9 Å². The van der Waals surface area contributed by atoms with Crippen LogP contribution in [0, 0.1) is 11.8 Å².